The van der Waals surface area contributed by atoms with Crippen molar-refractivity contribution in [3.8, 4) is 0 Å². The van der Waals surface area contributed by atoms with Gasteiger partial charge < -0.3 is 65.1 Å². The number of nitrogens with one attached hydrogen (secondary N) is 1. The van der Waals surface area contributed by atoms with Gasteiger partial charge in [-0.25, -0.2) is 0 Å². The van der Waals surface area contributed by atoms with Crippen LogP contribution in [0.5, 0.6) is 0 Å². The van der Waals surface area contributed by atoms with Gasteiger partial charge in [0.05, 0.1) is 32.0 Å². The minimum Gasteiger partial charge on any atom is -0.394 e. The van der Waals surface area contributed by atoms with Gasteiger partial charge in [0.1, 0.15) is 48.8 Å². The van der Waals surface area contributed by atoms with Crippen molar-refractivity contribution in [2.24, 2.45) is 0 Å². The molecule has 0 bridgehead atoms. The number of allylic oxidation sites excluding steroid dienone is 23. The molecule has 2 aliphatic rings. The third-order valence-electron chi connectivity index (χ3n) is 18.2. The fraction of sp³-hybridized carbons (Fsp3) is 0.706. The van der Waals surface area contributed by atoms with Gasteiger partial charge in [-0.1, -0.05) is 314 Å². The van der Waals surface area contributed by atoms with Crippen LogP contribution in [0.2, 0.25) is 0 Å². The van der Waals surface area contributed by atoms with E-state index in [-0.39, 0.29) is 18.9 Å². The van der Waals surface area contributed by atoms with Crippen molar-refractivity contribution in [1.29, 1.82) is 0 Å². The molecule has 14 nitrogen and oxygen atoms in total. The second kappa shape index (κ2) is 67.1. The molecule has 0 aromatic carbocycles. The van der Waals surface area contributed by atoms with Crippen molar-refractivity contribution >= 4 is 5.91 Å². The number of ether oxygens (including phenoxy) is 4. The Kier molecular flexibility index (Phi) is 61.6. The Morgan fingerprint density at radius 2 is 0.707 bits per heavy atom. The highest BCUT2D eigenvalue weighted by Crippen LogP contribution is 2.30. The van der Waals surface area contributed by atoms with Crippen LogP contribution in [0.3, 0.4) is 0 Å². The van der Waals surface area contributed by atoms with Gasteiger partial charge in [-0.15, -0.1) is 0 Å². The Morgan fingerprint density at radius 1 is 0.374 bits per heavy atom. The number of amides is 1. The lowest BCUT2D eigenvalue weighted by molar-refractivity contribution is -0.359. The number of aliphatic hydroxyl groups excluding tert-OH is 8. The summed E-state index contributed by atoms with van der Waals surface area (Å²) in [5.74, 6) is -0.268. The lowest BCUT2D eigenvalue weighted by Gasteiger charge is -2.46. The molecule has 12 atom stereocenters. The van der Waals surface area contributed by atoms with E-state index in [9.17, 15) is 45.6 Å². The quantitative estimate of drug-likeness (QED) is 0.0204. The number of aliphatic hydroxyl groups is 8. The van der Waals surface area contributed by atoms with Crippen molar-refractivity contribution in [3.63, 3.8) is 0 Å². The molecule has 0 aromatic rings. The Bertz CT molecular complexity index is 2230. The Balaban J connectivity index is 1.68. The third-order valence-corrected chi connectivity index (χ3v) is 18.2. The van der Waals surface area contributed by atoms with Crippen LogP contribution < -0.4 is 5.32 Å². The van der Waals surface area contributed by atoms with Crippen LogP contribution in [0.15, 0.2) is 146 Å². The summed E-state index contributed by atoms with van der Waals surface area (Å²) in [6, 6.07) is -0.958. The Hall–Kier alpha value is -4.13. The van der Waals surface area contributed by atoms with Crippen molar-refractivity contribution in [2.75, 3.05) is 19.8 Å². The van der Waals surface area contributed by atoms with Crippen LogP contribution >= 0.6 is 0 Å². The predicted octanol–water partition coefficient (Wildman–Crippen LogP) is 18.0. The van der Waals surface area contributed by atoms with Crippen molar-refractivity contribution < 1.29 is 64.6 Å². The molecule has 566 valence electrons. The van der Waals surface area contributed by atoms with E-state index in [0.29, 0.717) is 12.8 Å². The summed E-state index contributed by atoms with van der Waals surface area (Å²) in [5.41, 5.74) is 0. The topological polar surface area (TPSA) is 228 Å². The van der Waals surface area contributed by atoms with E-state index in [1.165, 1.54) is 128 Å². The van der Waals surface area contributed by atoms with Gasteiger partial charge in [0.25, 0.3) is 0 Å². The molecule has 2 fully saturated rings. The van der Waals surface area contributed by atoms with Crippen molar-refractivity contribution in [3.05, 3.63) is 146 Å². The molecule has 2 aliphatic heterocycles. The first-order valence-corrected chi connectivity index (χ1v) is 39.6. The van der Waals surface area contributed by atoms with E-state index in [1.807, 2.05) is 6.08 Å². The molecule has 12 unspecified atom stereocenters. The van der Waals surface area contributed by atoms with Gasteiger partial charge >= 0.3 is 0 Å². The standard InChI is InChI=1S/C85H143NO13/c1-3-5-7-9-11-13-15-17-19-21-23-25-27-29-31-33-35-36-37-38-39-41-43-45-47-49-51-53-55-57-59-61-63-65-67-69-77(90)86-73(72-96-84-82(95)80(93)83(76(71-88)98-84)99-85-81(94)79(92)78(91)75(70-87)97-85)74(89)68-66-64-62-60-58-56-54-52-50-48-46-44-42-40-34-32-30-28-26-24-22-20-18-16-14-12-10-8-6-4-2/h5,7,11,13,17,19,23,25,29,31,35-36,38-39,43,45,49-52,58,60,66,68,73-76,78-85,87-89,91-95H,3-4,6,8-10,12,14-16,18,20-22,24,26-28,30,32-34,37,40-42,44,46-48,53-57,59,61-65,67,69-72H2,1-2H3,(H,86,90)/b7-5-,13-11-,19-17-,25-23-,31-29-,36-35-,39-38-,45-43-,51-49-,52-50+,60-58+,68-66+. The van der Waals surface area contributed by atoms with Crippen LogP contribution in [-0.4, -0.2) is 140 Å². The van der Waals surface area contributed by atoms with Crippen LogP contribution in [-0.2, 0) is 23.7 Å². The number of unbranched alkanes of at least 4 members (excludes halogenated alkanes) is 29. The average molecular weight is 1390 g/mol. The van der Waals surface area contributed by atoms with E-state index in [4.69, 9.17) is 18.9 Å². The lowest BCUT2D eigenvalue weighted by Crippen LogP contribution is -2.65. The maximum absolute atomic E-state index is 13.4. The molecule has 0 saturated carbocycles. The van der Waals surface area contributed by atoms with E-state index < -0.39 is 86.8 Å². The van der Waals surface area contributed by atoms with Crippen molar-refractivity contribution in [1.82, 2.24) is 5.32 Å². The molecule has 99 heavy (non-hydrogen) atoms. The maximum Gasteiger partial charge on any atom is 0.220 e. The third kappa shape index (κ3) is 50.0. The van der Waals surface area contributed by atoms with Gasteiger partial charge in [-0.05, 0) is 116 Å². The second-order valence-electron chi connectivity index (χ2n) is 27.1. The predicted molar refractivity (Wildman–Crippen MR) is 410 cm³/mol. The zero-order valence-corrected chi connectivity index (χ0v) is 61.9. The van der Waals surface area contributed by atoms with E-state index in [0.717, 1.165) is 128 Å². The SMILES string of the molecule is CC/C=C\C/C=C\C/C=C\C/C=C\C/C=C\C/C=C\C/C=C\C/C=C\C/C=C\CCCCCCCCCC(=O)NC(COC1OC(CO)C(OC2OC(CO)C(O)C(O)C2O)C(O)C1O)C(O)/C=C/CC/C=C/CC/C=C/CCCCCCCCCCCCCCCCCCCCCC. The highest BCUT2D eigenvalue weighted by Gasteiger charge is 2.51. The number of hydrogen-bond donors (Lipinski definition) is 9. The van der Waals surface area contributed by atoms with Gasteiger partial charge in [0.2, 0.25) is 5.91 Å². The smallest absolute Gasteiger partial charge is 0.220 e. The second-order valence-corrected chi connectivity index (χ2v) is 27.1. The number of carbonyl (C=O) groups excluding carboxylic acids is 1. The van der Waals surface area contributed by atoms with Gasteiger partial charge in [-0.3, -0.25) is 4.79 Å². The first-order chi connectivity index (χ1) is 48.6. The summed E-state index contributed by atoms with van der Waals surface area (Å²) >= 11 is 0. The summed E-state index contributed by atoms with van der Waals surface area (Å²) in [5, 5.41) is 87.6. The van der Waals surface area contributed by atoms with Crippen molar-refractivity contribution in [2.45, 2.75) is 364 Å². The zero-order chi connectivity index (χ0) is 71.5. The largest absolute Gasteiger partial charge is 0.394 e. The zero-order valence-electron chi connectivity index (χ0n) is 61.9. The summed E-state index contributed by atoms with van der Waals surface area (Å²) < 4.78 is 22.9. The molecule has 0 aliphatic carbocycles. The van der Waals surface area contributed by atoms with Crippen LogP contribution in [0, 0.1) is 0 Å². The Labute approximate surface area is 602 Å². The molecule has 14 heteroatoms. The normalized spacial score (nSPS) is 22.8. The first-order valence-electron chi connectivity index (χ1n) is 39.6. The minimum absolute atomic E-state index is 0.247. The van der Waals surface area contributed by atoms with Gasteiger partial charge in [-0.2, -0.15) is 0 Å². The molecule has 1 amide bonds. The fourth-order valence-electron chi connectivity index (χ4n) is 12.0. The van der Waals surface area contributed by atoms with Gasteiger partial charge in [0, 0.05) is 6.42 Å². The number of rotatable bonds is 64. The highest BCUT2D eigenvalue weighted by molar-refractivity contribution is 5.76. The lowest BCUT2D eigenvalue weighted by atomic mass is 9.97. The summed E-state index contributed by atoms with van der Waals surface area (Å²) in [4.78, 5) is 13.4. The average Bonchev–Trinajstić information content (AvgIpc) is 0.799. The highest BCUT2D eigenvalue weighted by atomic mass is 16.7. The maximum atomic E-state index is 13.4. The number of hydrogen-bond acceptors (Lipinski definition) is 13. The molecule has 2 rings (SSSR count). The van der Waals surface area contributed by atoms with E-state index >= 15 is 0 Å². The Morgan fingerprint density at radius 3 is 1.11 bits per heavy atom. The molecular weight excluding hydrogens is 1240 g/mol. The molecule has 2 heterocycles. The molecule has 0 spiro atoms. The molecular formula is C85H143NO13. The molecule has 0 radical (unpaired) electrons. The summed E-state index contributed by atoms with van der Waals surface area (Å²) in [6.45, 7) is 2.67. The fourth-order valence-corrected chi connectivity index (χ4v) is 12.0. The van der Waals surface area contributed by atoms with Crippen LogP contribution in [0.1, 0.15) is 290 Å². The van der Waals surface area contributed by atoms with Gasteiger partial charge in [0.15, 0.2) is 12.6 Å². The minimum atomic E-state index is -1.80. The molecule has 2 saturated heterocycles. The van der Waals surface area contributed by atoms with Crippen LogP contribution in [0.4, 0.5) is 0 Å². The monoisotopic (exact) mass is 1390 g/mol. The van der Waals surface area contributed by atoms with Crippen LogP contribution in [0.25, 0.3) is 0 Å². The summed E-state index contributed by atoms with van der Waals surface area (Å²) in [6.07, 6.45) is 84.9. The number of carbonyl (C=O) groups is 1. The first kappa shape index (κ1) is 91.0. The van der Waals surface area contributed by atoms with E-state index in [2.05, 4.69) is 153 Å². The molecule has 9 N–H and O–H groups in total. The summed E-state index contributed by atoms with van der Waals surface area (Å²) in [7, 11) is 0. The molecule has 0 aromatic heterocycles. The van der Waals surface area contributed by atoms with E-state index in [1.54, 1.807) is 6.08 Å².